The van der Waals surface area contributed by atoms with Crippen molar-refractivity contribution in [3.63, 3.8) is 0 Å². The summed E-state index contributed by atoms with van der Waals surface area (Å²) in [4.78, 5) is 13.9. The fourth-order valence-corrected chi connectivity index (χ4v) is 2.39. The number of carbonyl (C=O) groups excluding carboxylic acids is 1. The van der Waals surface area contributed by atoms with Crippen molar-refractivity contribution < 1.29 is 14.6 Å². The fourth-order valence-electron chi connectivity index (χ4n) is 2.39. The highest BCUT2D eigenvalue weighted by atomic mass is 16.6. The summed E-state index contributed by atoms with van der Waals surface area (Å²) >= 11 is 0. The lowest BCUT2D eigenvalue weighted by atomic mass is 9.89. The Morgan fingerprint density at radius 1 is 1.23 bits per heavy atom. The lowest BCUT2D eigenvalue weighted by molar-refractivity contribution is 0.0255. The third kappa shape index (κ3) is 6.97. The smallest absolute Gasteiger partial charge is 0.410 e. The first-order valence-electron chi connectivity index (χ1n) is 8.38. The number of amides is 1. The van der Waals surface area contributed by atoms with Crippen LogP contribution in [0.4, 0.5) is 4.79 Å². The Labute approximate surface area is 135 Å². The van der Waals surface area contributed by atoms with E-state index in [1.54, 1.807) is 4.90 Å². The highest BCUT2D eigenvalue weighted by molar-refractivity contribution is 5.68. The lowest BCUT2D eigenvalue weighted by Crippen LogP contribution is -2.42. The summed E-state index contributed by atoms with van der Waals surface area (Å²) in [7, 11) is 0. The van der Waals surface area contributed by atoms with E-state index in [2.05, 4.69) is 5.32 Å². The minimum absolute atomic E-state index is 0.111. The molecule has 2 atom stereocenters. The zero-order chi connectivity index (χ0) is 17.0. The number of hydrogen-bond donors (Lipinski definition) is 2. The maximum absolute atomic E-state index is 12.1. The number of hydrogen-bond acceptors (Lipinski definition) is 4. The van der Waals surface area contributed by atoms with Crippen molar-refractivity contribution in [3.8, 4) is 0 Å². The Hall–Kier alpha value is -0.810. The van der Waals surface area contributed by atoms with Crippen molar-refractivity contribution in [2.24, 2.45) is 5.41 Å². The summed E-state index contributed by atoms with van der Waals surface area (Å²) in [6, 6.07) is 0.351. The van der Waals surface area contributed by atoms with Gasteiger partial charge in [0.2, 0.25) is 0 Å². The summed E-state index contributed by atoms with van der Waals surface area (Å²) in [5.41, 5.74) is -0.557. The van der Waals surface area contributed by atoms with Gasteiger partial charge in [-0.1, -0.05) is 20.8 Å². The molecule has 0 aliphatic carbocycles. The largest absolute Gasteiger partial charge is 0.444 e. The fraction of sp³-hybridized carbons (Fsp3) is 0.941. The first kappa shape index (κ1) is 19.2. The third-order valence-corrected chi connectivity index (χ3v) is 3.98. The topological polar surface area (TPSA) is 61.8 Å². The molecular weight excluding hydrogens is 280 g/mol. The maximum atomic E-state index is 12.1. The molecule has 1 aliphatic heterocycles. The van der Waals surface area contributed by atoms with Gasteiger partial charge in [0.25, 0.3) is 0 Å². The van der Waals surface area contributed by atoms with Crippen LogP contribution in [-0.4, -0.2) is 53.5 Å². The van der Waals surface area contributed by atoms with Gasteiger partial charge in [0.05, 0.1) is 6.10 Å². The number of ether oxygens (including phenoxy) is 1. The van der Waals surface area contributed by atoms with Gasteiger partial charge in [0.15, 0.2) is 0 Å². The molecule has 1 amide bonds. The molecule has 0 radical (unpaired) electrons. The first-order valence-corrected chi connectivity index (χ1v) is 8.38. The number of likely N-dealkylation sites (tertiary alicyclic amines) is 1. The Morgan fingerprint density at radius 3 is 2.41 bits per heavy atom. The second-order valence-electron chi connectivity index (χ2n) is 8.39. The summed E-state index contributed by atoms with van der Waals surface area (Å²) < 4.78 is 5.44. The van der Waals surface area contributed by atoms with Crippen LogP contribution in [0.25, 0.3) is 0 Å². The highest BCUT2D eigenvalue weighted by Crippen LogP contribution is 2.19. The maximum Gasteiger partial charge on any atom is 0.410 e. The summed E-state index contributed by atoms with van der Waals surface area (Å²) in [6.45, 7) is 13.8. The number of nitrogens with zero attached hydrogens (tertiary/aromatic N) is 1. The molecule has 130 valence electrons. The van der Waals surface area contributed by atoms with Crippen molar-refractivity contribution in [2.45, 2.75) is 78.6 Å². The average molecular weight is 314 g/mol. The average Bonchev–Trinajstić information content (AvgIpc) is 2.58. The molecule has 1 heterocycles. The molecular formula is C17H34N2O3. The number of aliphatic hydroxyl groups is 1. The van der Waals surface area contributed by atoms with Crippen LogP contribution < -0.4 is 5.32 Å². The molecule has 5 heteroatoms. The van der Waals surface area contributed by atoms with Crippen LogP contribution in [0.1, 0.15) is 60.8 Å². The minimum atomic E-state index is -0.447. The van der Waals surface area contributed by atoms with E-state index in [0.717, 1.165) is 25.8 Å². The molecule has 1 aliphatic rings. The second kappa shape index (κ2) is 7.64. The molecule has 1 fully saturated rings. The lowest BCUT2D eigenvalue weighted by Gasteiger charge is -2.28. The molecule has 0 spiro atoms. The van der Waals surface area contributed by atoms with Gasteiger partial charge in [0.1, 0.15) is 5.60 Å². The molecule has 0 unspecified atom stereocenters. The van der Waals surface area contributed by atoms with Crippen LogP contribution in [0, 0.1) is 5.41 Å². The van der Waals surface area contributed by atoms with Gasteiger partial charge < -0.3 is 20.1 Å². The second-order valence-corrected chi connectivity index (χ2v) is 8.39. The molecule has 0 bridgehead atoms. The van der Waals surface area contributed by atoms with Crippen LogP contribution in [0.5, 0.6) is 0 Å². The summed E-state index contributed by atoms with van der Waals surface area (Å²) in [6.07, 6.45) is 2.30. The van der Waals surface area contributed by atoms with Crippen molar-refractivity contribution in [1.29, 1.82) is 0 Å². The van der Waals surface area contributed by atoms with Gasteiger partial charge in [-0.25, -0.2) is 4.79 Å². The standard InChI is InChI=1S/C17H34N2O3/c1-16(2,3)14(20)12-18-13-8-7-10-19(11-9-13)15(21)22-17(4,5)6/h13-14,18,20H,7-12H2,1-6H3/t13-,14-/m1/s1. The monoisotopic (exact) mass is 314 g/mol. The predicted octanol–water partition coefficient (Wildman–Crippen LogP) is 2.77. The van der Waals surface area contributed by atoms with E-state index in [-0.39, 0.29) is 17.6 Å². The molecule has 0 aromatic heterocycles. The normalized spacial score (nSPS) is 22.1. The van der Waals surface area contributed by atoms with Crippen molar-refractivity contribution >= 4 is 6.09 Å². The molecule has 0 saturated carbocycles. The molecule has 0 aromatic carbocycles. The van der Waals surface area contributed by atoms with Crippen LogP contribution in [0.15, 0.2) is 0 Å². The summed E-state index contributed by atoms with van der Waals surface area (Å²) in [5.74, 6) is 0. The highest BCUT2D eigenvalue weighted by Gasteiger charge is 2.26. The van der Waals surface area contributed by atoms with E-state index in [1.165, 1.54) is 0 Å². The number of aliphatic hydroxyl groups excluding tert-OH is 1. The predicted molar refractivity (Wildman–Crippen MR) is 88.9 cm³/mol. The minimum Gasteiger partial charge on any atom is -0.444 e. The van der Waals surface area contributed by atoms with E-state index >= 15 is 0 Å². The first-order chi connectivity index (χ1) is 9.99. The van der Waals surface area contributed by atoms with Crippen molar-refractivity contribution in [3.05, 3.63) is 0 Å². The molecule has 5 nitrogen and oxygen atoms in total. The van der Waals surface area contributed by atoms with Gasteiger partial charge in [-0.2, -0.15) is 0 Å². The Balaban J connectivity index is 2.41. The van der Waals surface area contributed by atoms with Gasteiger partial charge in [-0.05, 0) is 45.4 Å². The molecule has 22 heavy (non-hydrogen) atoms. The van der Waals surface area contributed by atoms with Crippen molar-refractivity contribution in [1.82, 2.24) is 10.2 Å². The van der Waals surface area contributed by atoms with E-state index in [1.807, 2.05) is 41.5 Å². The Morgan fingerprint density at radius 2 is 1.86 bits per heavy atom. The number of carbonyl (C=O) groups is 1. The van der Waals surface area contributed by atoms with E-state index in [9.17, 15) is 9.90 Å². The van der Waals surface area contributed by atoms with Gasteiger partial charge in [-0.15, -0.1) is 0 Å². The summed E-state index contributed by atoms with van der Waals surface area (Å²) in [5, 5.41) is 13.6. The quantitative estimate of drug-likeness (QED) is 0.841. The van der Waals surface area contributed by atoms with Crippen LogP contribution in [0.2, 0.25) is 0 Å². The Kier molecular flexibility index (Phi) is 6.68. The van der Waals surface area contributed by atoms with Gasteiger partial charge in [0, 0.05) is 25.7 Å². The zero-order valence-electron chi connectivity index (χ0n) is 15.1. The van der Waals surface area contributed by atoms with E-state index in [4.69, 9.17) is 4.74 Å². The molecule has 2 N–H and O–H groups in total. The molecule has 0 aromatic rings. The van der Waals surface area contributed by atoms with E-state index < -0.39 is 5.60 Å². The van der Waals surface area contributed by atoms with Crippen molar-refractivity contribution in [2.75, 3.05) is 19.6 Å². The SMILES string of the molecule is CC(C)(C)OC(=O)N1CCC[C@@H](NC[C@@H](O)C(C)(C)C)CC1. The Bertz CT molecular complexity index is 358. The molecule has 1 saturated heterocycles. The molecule has 1 rings (SSSR count). The van der Waals surface area contributed by atoms with Gasteiger partial charge >= 0.3 is 6.09 Å². The number of nitrogens with one attached hydrogen (secondary N) is 1. The number of rotatable bonds is 3. The van der Waals surface area contributed by atoms with Crippen LogP contribution >= 0.6 is 0 Å². The zero-order valence-corrected chi connectivity index (χ0v) is 15.1. The van der Waals surface area contributed by atoms with Crippen LogP contribution in [0.3, 0.4) is 0 Å². The third-order valence-electron chi connectivity index (χ3n) is 3.98. The van der Waals surface area contributed by atoms with Gasteiger partial charge in [-0.3, -0.25) is 0 Å². The van der Waals surface area contributed by atoms with E-state index in [0.29, 0.717) is 19.1 Å². The van der Waals surface area contributed by atoms with Crippen LogP contribution in [-0.2, 0) is 4.74 Å².